The molecule has 7 nitrogen and oxygen atoms in total. The lowest BCUT2D eigenvalue weighted by molar-refractivity contribution is -0.384. The van der Waals surface area contributed by atoms with Crippen molar-refractivity contribution in [2.75, 3.05) is 12.4 Å². The van der Waals surface area contributed by atoms with Gasteiger partial charge in [0, 0.05) is 9.86 Å². The SMILES string of the molecule is COC(=O)C1(Nc2c([N+](=O)[O-])cnc3ccc(Br)cc23)CC1. The van der Waals surface area contributed by atoms with Gasteiger partial charge in [-0.1, -0.05) is 15.9 Å². The van der Waals surface area contributed by atoms with Crippen molar-refractivity contribution in [3.8, 4) is 0 Å². The van der Waals surface area contributed by atoms with Crippen LogP contribution in [0.4, 0.5) is 11.4 Å². The molecule has 1 aromatic carbocycles. The van der Waals surface area contributed by atoms with E-state index >= 15 is 0 Å². The largest absolute Gasteiger partial charge is 0.467 e. The minimum Gasteiger partial charge on any atom is -0.467 e. The Morgan fingerprint density at radius 2 is 2.23 bits per heavy atom. The number of esters is 1. The highest BCUT2D eigenvalue weighted by Gasteiger charge is 2.52. The lowest BCUT2D eigenvalue weighted by Crippen LogP contribution is -2.33. The van der Waals surface area contributed by atoms with Gasteiger partial charge in [0.15, 0.2) is 0 Å². The Morgan fingerprint density at radius 3 is 2.82 bits per heavy atom. The van der Waals surface area contributed by atoms with Crippen molar-refractivity contribution in [2.45, 2.75) is 18.4 Å². The van der Waals surface area contributed by atoms with Crippen LogP contribution in [0.15, 0.2) is 28.9 Å². The molecule has 0 atom stereocenters. The van der Waals surface area contributed by atoms with Gasteiger partial charge in [0.1, 0.15) is 17.4 Å². The number of pyridine rings is 1. The summed E-state index contributed by atoms with van der Waals surface area (Å²) in [5.74, 6) is -0.415. The Labute approximate surface area is 133 Å². The first kappa shape index (κ1) is 14.7. The zero-order chi connectivity index (χ0) is 15.9. The average Bonchev–Trinajstić information content (AvgIpc) is 3.27. The second-order valence-corrected chi connectivity index (χ2v) is 6.05. The van der Waals surface area contributed by atoms with E-state index in [1.165, 1.54) is 13.3 Å². The molecule has 1 aliphatic rings. The predicted molar refractivity (Wildman–Crippen MR) is 83.7 cm³/mol. The number of nitrogens with zero attached hydrogens (tertiary/aromatic N) is 2. The second kappa shape index (κ2) is 5.20. The quantitative estimate of drug-likeness (QED) is 0.508. The molecule has 114 valence electrons. The molecule has 0 bridgehead atoms. The normalized spacial score (nSPS) is 15.4. The average molecular weight is 366 g/mol. The standard InChI is InChI=1S/C14H12BrN3O4/c1-22-13(19)14(4-5-14)17-12-9-6-8(15)2-3-10(9)16-7-11(12)18(20)21/h2-3,6-7H,4-5H2,1H3,(H,16,17). The number of benzene rings is 1. The maximum Gasteiger partial charge on any atom is 0.331 e. The van der Waals surface area contributed by atoms with E-state index in [9.17, 15) is 14.9 Å². The van der Waals surface area contributed by atoms with Gasteiger partial charge < -0.3 is 10.1 Å². The first-order valence-corrected chi connectivity index (χ1v) is 7.35. The summed E-state index contributed by atoms with van der Waals surface area (Å²) in [4.78, 5) is 26.8. The summed E-state index contributed by atoms with van der Waals surface area (Å²) < 4.78 is 5.56. The molecule has 0 spiro atoms. The van der Waals surface area contributed by atoms with E-state index in [4.69, 9.17) is 4.74 Å². The fourth-order valence-corrected chi connectivity index (χ4v) is 2.72. The molecule has 1 fully saturated rings. The van der Waals surface area contributed by atoms with E-state index in [-0.39, 0.29) is 5.69 Å². The van der Waals surface area contributed by atoms with E-state index in [1.54, 1.807) is 18.2 Å². The molecule has 3 rings (SSSR count). The van der Waals surface area contributed by atoms with Crippen LogP contribution >= 0.6 is 15.9 Å². The van der Waals surface area contributed by atoms with Crippen LogP contribution in [-0.2, 0) is 9.53 Å². The number of hydrogen-bond acceptors (Lipinski definition) is 6. The lowest BCUT2D eigenvalue weighted by Gasteiger charge is -2.17. The molecule has 8 heteroatoms. The number of rotatable bonds is 4. The highest BCUT2D eigenvalue weighted by atomic mass is 79.9. The van der Waals surface area contributed by atoms with Gasteiger partial charge in [-0.05, 0) is 31.0 Å². The minimum atomic E-state index is -0.879. The van der Waals surface area contributed by atoms with Gasteiger partial charge >= 0.3 is 11.7 Å². The topological polar surface area (TPSA) is 94.4 Å². The Balaban J connectivity index is 2.17. The molecule has 1 aromatic heterocycles. The van der Waals surface area contributed by atoms with Crippen LogP contribution in [0, 0.1) is 10.1 Å². The van der Waals surface area contributed by atoms with Gasteiger partial charge in [-0.15, -0.1) is 0 Å². The van der Waals surface area contributed by atoms with Crippen molar-refractivity contribution < 1.29 is 14.5 Å². The van der Waals surface area contributed by atoms with E-state index in [0.29, 0.717) is 29.4 Å². The van der Waals surface area contributed by atoms with E-state index in [1.807, 2.05) is 0 Å². The molecule has 0 saturated heterocycles. The summed E-state index contributed by atoms with van der Waals surface area (Å²) in [5, 5.41) is 14.9. The summed E-state index contributed by atoms with van der Waals surface area (Å²) >= 11 is 3.35. The molecule has 0 unspecified atom stereocenters. The number of fused-ring (bicyclic) bond motifs is 1. The summed E-state index contributed by atoms with van der Waals surface area (Å²) in [6.07, 6.45) is 2.36. The molecule has 0 radical (unpaired) electrons. The predicted octanol–water partition coefficient (Wildman–Crippen LogP) is 3.02. The smallest absolute Gasteiger partial charge is 0.331 e. The molecule has 1 saturated carbocycles. The third-order valence-corrected chi connectivity index (χ3v) is 4.19. The fourth-order valence-electron chi connectivity index (χ4n) is 2.36. The summed E-state index contributed by atoms with van der Waals surface area (Å²) in [6.45, 7) is 0. The van der Waals surface area contributed by atoms with Gasteiger partial charge in [0.05, 0.1) is 17.5 Å². The van der Waals surface area contributed by atoms with Gasteiger partial charge in [-0.2, -0.15) is 0 Å². The number of hydrogen-bond donors (Lipinski definition) is 1. The van der Waals surface area contributed by atoms with Crippen LogP contribution in [0.25, 0.3) is 10.9 Å². The molecule has 1 aliphatic carbocycles. The van der Waals surface area contributed by atoms with E-state index in [0.717, 1.165) is 4.47 Å². The number of methoxy groups -OCH3 is 1. The van der Waals surface area contributed by atoms with Crippen molar-refractivity contribution in [1.82, 2.24) is 4.98 Å². The number of carbonyl (C=O) groups excluding carboxylic acids is 1. The van der Waals surface area contributed by atoms with Crippen LogP contribution in [0.2, 0.25) is 0 Å². The summed E-state index contributed by atoms with van der Waals surface area (Å²) in [5.41, 5.74) is -0.146. The zero-order valence-electron chi connectivity index (χ0n) is 11.6. The number of halogens is 1. The Hall–Kier alpha value is -2.22. The minimum absolute atomic E-state index is 0.166. The number of anilines is 1. The monoisotopic (exact) mass is 365 g/mol. The van der Waals surface area contributed by atoms with Crippen LogP contribution in [0.3, 0.4) is 0 Å². The van der Waals surface area contributed by atoms with Crippen molar-refractivity contribution in [3.05, 3.63) is 39.0 Å². The number of aromatic nitrogens is 1. The number of ether oxygens (including phenoxy) is 1. The van der Waals surface area contributed by atoms with Crippen LogP contribution in [0.1, 0.15) is 12.8 Å². The van der Waals surface area contributed by atoms with Crippen LogP contribution in [0.5, 0.6) is 0 Å². The molecule has 1 heterocycles. The second-order valence-electron chi connectivity index (χ2n) is 5.14. The number of carbonyl (C=O) groups is 1. The van der Waals surface area contributed by atoms with Gasteiger partial charge in [0.25, 0.3) is 0 Å². The Morgan fingerprint density at radius 1 is 1.50 bits per heavy atom. The number of nitro groups is 1. The Bertz CT molecular complexity index is 789. The molecule has 2 aromatic rings. The highest BCUT2D eigenvalue weighted by molar-refractivity contribution is 9.10. The molecule has 22 heavy (non-hydrogen) atoms. The molecule has 0 amide bonds. The molecular formula is C14H12BrN3O4. The summed E-state index contributed by atoms with van der Waals surface area (Å²) in [6, 6.07) is 5.30. The molecule has 1 N–H and O–H groups in total. The first-order valence-electron chi connectivity index (χ1n) is 6.56. The van der Waals surface area contributed by atoms with E-state index in [2.05, 4.69) is 26.2 Å². The van der Waals surface area contributed by atoms with Crippen LogP contribution in [-0.4, -0.2) is 28.5 Å². The zero-order valence-corrected chi connectivity index (χ0v) is 13.2. The van der Waals surface area contributed by atoms with Gasteiger partial charge in [-0.25, -0.2) is 9.78 Å². The lowest BCUT2D eigenvalue weighted by atomic mass is 10.1. The van der Waals surface area contributed by atoms with Crippen molar-refractivity contribution in [3.63, 3.8) is 0 Å². The maximum atomic E-state index is 11.9. The van der Waals surface area contributed by atoms with Gasteiger partial charge in [-0.3, -0.25) is 10.1 Å². The van der Waals surface area contributed by atoms with Crippen molar-refractivity contribution >= 4 is 44.2 Å². The highest BCUT2D eigenvalue weighted by Crippen LogP contribution is 2.44. The van der Waals surface area contributed by atoms with Crippen molar-refractivity contribution in [2.24, 2.45) is 0 Å². The van der Waals surface area contributed by atoms with E-state index < -0.39 is 16.4 Å². The third kappa shape index (κ3) is 2.39. The fraction of sp³-hybridized carbons (Fsp3) is 0.286. The third-order valence-electron chi connectivity index (χ3n) is 3.70. The van der Waals surface area contributed by atoms with Gasteiger partial charge in [0.2, 0.25) is 0 Å². The first-order chi connectivity index (χ1) is 10.5. The molecular weight excluding hydrogens is 354 g/mol. The summed E-state index contributed by atoms with van der Waals surface area (Å²) in [7, 11) is 1.31. The Kier molecular flexibility index (Phi) is 3.48. The van der Waals surface area contributed by atoms with Crippen molar-refractivity contribution in [1.29, 1.82) is 0 Å². The number of nitrogens with one attached hydrogen (secondary N) is 1. The molecule has 0 aliphatic heterocycles. The van der Waals surface area contributed by atoms with Crippen LogP contribution < -0.4 is 5.32 Å². The maximum absolute atomic E-state index is 11.9.